The molecule has 0 aliphatic rings. The molecule has 0 spiro atoms. The van der Waals surface area contributed by atoms with Crippen molar-refractivity contribution in [3.63, 3.8) is 0 Å². The summed E-state index contributed by atoms with van der Waals surface area (Å²) in [5.41, 5.74) is -0.146. The highest BCUT2D eigenvalue weighted by Gasteiger charge is 2.09. The first-order valence-corrected chi connectivity index (χ1v) is 5.09. The minimum Gasteiger partial charge on any atom is -0.475 e. The van der Waals surface area contributed by atoms with E-state index in [1.54, 1.807) is 6.07 Å². The number of halogens is 1. The van der Waals surface area contributed by atoms with Crippen molar-refractivity contribution in [2.75, 3.05) is 13.2 Å². The first-order chi connectivity index (χ1) is 6.97. The van der Waals surface area contributed by atoms with Crippen molar-refractivity contribution in [2.45, 2.75) is 26.4 Å². The summed E-state index contributed by atoms with van der Waals surface area (Å²) in [6, 6.07) is 1.57. The maximum Gasteiger partial charge on any atom is 0.217 e. The van der Waals surface area contributed by atoms with Crippen LogP contribution in [0.5, 0.6) is 5.88 Å². The molecule has 0 fully saturated rings. The van der Waals surface area contributed by atoms with Gasteiger partial charge in [0.25, 0.3) is 0 Å². The second-order valence-corrected chi connectivity index (χ2v) is 4.38. The summed E-state index contributed by atoms with van der Waals surface area (Å²) in [4.78, 5) is 7.65. The lowest BCUT2D eigenvalue weighted by Crippen LogP contribution is -2.22. The molecule has 0 saturated carbocycles. The van der Waals surface area contributed by atoms with Crippen LogP contribution in [-0.2, 0) is 4.74 Å². The zero-order chi connectivity index (χ0) is 11.3. The van der Waals surface area contributed by atoms with Crippen molar-refractivity contribution >= 4 is 11.6 Å². The highest BCUT2D eigenvalue weighted by atomic mass is 35.5. The zero-order valence-corrected chi connectivity index (χ0v) is 9.91. The summed E-state index contributed by atoms with van der Waals surface area (Å²) in [6.07, 6.45) is 1.36. The zero-order valence-electron chi connectivity index (χ0n) is 9.16. The van der Waals surface area contributed by atoms with Crippen LogP contribution in [0.15, 0.2) is 12.4 Å². The topological polar surface area (TPSA) is 44.2 Å². The predicted octanol–water partition coefficient (Wildman–Crippen LogP) is 2.32. The Kier molecular flexibility index (Phi) is 4.29. The predicted molar refractivity (Wildman–Crippen MR) is 58.2 cm³/mol. The molecule has 4 nitrogen and oxygen atoms in total. The summed E-state index contributed by atoms with van der Waals surface area (Å²) in [7, 11) is 0. The minimum absolute atomic E-state index is 0.146. The van der Waals surface area contributed by atoms with Gasteiger partial charge in [-0.25, -0.2) is 9.97 Å². The maximum absolute atomic E-state index is 5.67. The molecule has 84 valence electrons. The molecule has 1 aromatic heterocycles. The lowest BCUT2D eigenvalue weighted by molar-refractivity contribution is -0.0168. The van der Waals surface area contributed by atoms with Crippen molar-refractivity contribution in [1.29, 1.82) is 0 Å². The summed E-state index contributed by atoms with van der Waals surface area (Å²) >= 11 is 5.67. The number of ether oxygens (including phenoxy) is 2. The monoisotopic (exact) mass is 230 g/mol. The van der Waals surface area contributed by atoms with Gasteiger partial charge in [0.15, 0.2) is 0 Å². The third kappa shape index (κ3) is 5.54. The normalized spacial score (nSPS) is 11.5. The van der Waals surface area contributed by atoms with Gasteiger partial charge < -0.3 is 9.47 Å². The molecule has 0 bridgehead atoms. The fourth-order valence-corrected chi connectivity index (χ4v) is 1.03. The second-order valence-electron chi connectivity index (χ2n) is 3.99. The van der Waals surface area contributed by atoms with Crippen LogP contribution < -0.4 is 4.74 Å². The molecule has 1 heterocycles. The lowest BCUT2D eigenvalue weighted by atomic mass is 10.2. The molecule has 0 aliphatic heterocycles. The van der Waals surface area contributed by atoms with Gasteiger partial charge in [0.05, 0.1) is 12.2 Å². The number of rotatable bonds is 4. The third-order valence-electron chi connectivity index (χ3n) is 1.48. The Labute approximate surface area is 94.6 Å². The van der Waals surface area contributed by atoms with Crippen molar-refractivity contribution in [1.82, 2.24) is 9.97 Å². The fraction of sp³-hybridized carbons (Fsp3) is 0.600. The summed E-state index contributed by atoms with van der Waals surface area (Å²) in [5.74, 6) is 0.465. The molecule has 0 N–H and O–H groups in total. The molecule has 0 atom stereocenters. The molecule has 0 radical (unpaired) electrons. The van der Waals surface area contributed by atoms with Crippen LogP contribution in [0.4, 0.5) is 0 Å². The van der Waals surface area contributed by atoms with E-state index in [4.69, 9.17) is 21.1 Å². The molecule has 0 amide bonds. The van der Waals surface area contributed by atoms with E-state index in [9.17, 15) is 0 Å². The average Bonchev–Trinajstić information content (AvgIpc) is 2.11. The number of hydrogen-bond acceptors (Lipinski definition) is 4. The molecule has 0 saturated heterocycles. The van der Waals surface area contributed by atoms with Gasteiger partial charge in [-0.15, -0.1) is 0 Å². The molecule has 0 unspecified atom stereocenters. The van der Waals surface area contributed by atoms with E-state index < -0.39 is 0 Å². The Morgan fingerprint density at radius 2 is 2.00 bits per heavy atom. The molecule has 0 aromatic carbocycles. The second kappa shape index (κ2) is 5.28. The van der Waals surface area contributed by atoms with Gasteiger partial charge in [0.1, 0.15) is 18.1 Å². The highest BCUT2D eigenvalue weighted by Crippen LogP contribution is 2.11. The van der Waals surface area contributed by atoms with Crippen LogP contribution in [0, 0.1) is 0 Å². The Morgan fingerprint density at radius 3 is 2.60 bits per heavy atom. The molecule has 0 aliphatic carbocycles. The molecule has 1 aromatic rings. The van der Waals surface area contributed by atoms with Gasteiger partial charge in [-0.05, 0) is 20.8 Å². The van der Waals surface area contributed by atoms with E-state index >= 15 is 0 Å². The van der Waals surface area contributed by atoms with Crippen molar-refractivity contribution < 1.29 is 9.47 Å². The van der Waals surface area contributed by atoms with Crippen LogP contribution in [-0.4, -0.2) is 28.8 Å². The van der Waals surface area contributed by atoms with Crippen LogP contribution in [0.1, 0.15) is 20.8 Å². The van der Waals surface area contributed by atoms with Gasteiger partial charge >= 0.3 is 0 Å². The lowest BCUT2D eigenvalue weighted by Gasteiger charge is -2.19. The van der Waals surface area contributed by atoms with Crippen molar-refractivity contribution in [3.05, 3.63) is 17.5 Å². The van der Waals surface area contributed by atoms with Gasteiger partial charge in [-0.1, -0.05) is 11.6 Å². The van der Waals surface area contributed by atoms with E-state index in [-0.39, 0.29) is 5.60 Å². The van der Waals surface area contributed by atoms with E-state index in [1.165, 1.54) is 6.33 Å². The first kappa shape index (κ1) is 12.2. The van der Waals surface area contributed by atoms with E-state index in [0.29, 0.717) is 24.2 Å². The Bertz CT molecular complexity index is 313. The largest absolute Gasteiger partial charge is 0.475 e. The molecule has 5 heteroatoms. The average molecular weight is 231 g/mol. The van der Waals surface area contributed by atoms with Crippen LogP contribution in [0.3, 0.4) is 0 Å². The van der Waals surface area contributed by atoms with Crippen molar-refractivity contribution in [3.8, 4) is 5.88 Å². The van der Waals surface area contributed by atoms with Crippen molar-refractivity contribution in [2.24, 2.45) is 0 Å². The first-order valence-electron chi connectivity index (χ1n) is 4.72. The number of aromatic nitrogens is 2. The minimum atomic E-state index is -0.146. The van der Waals surface area contributed by atoms with E-state index in [1.807, 2.05) is 20.8 Å². The molecular formula is C10H15ClN2O2. The van der Waals surface area contributed by atoms with Gasteiger partial charge in [0.2, 0.25) is 5.88 Å². The Morgan fingerprint density at radius 1 is 1.27 bits per heavy atom. The van der Waals surface area contributed by atoms with Gasteiger partial charge in [-0.2, -0.15) is 0 Å². The quantitative estimate of drug-likeness (QED) is 0.588. The number of hydrogen-bond donors (Lipinski definition) is 0. The standard InChI is InChI=1S/C10H15ClN2O2/c1-10(2,3)15-5-4-14-9-6-8(11)12-7-13-9/h6-7H,4-5H2,1-3H3. The maximum atomic E-state index is 5.67. The van der Waals surface area contributed by atoms with Crippen LogP contribution in [0.25, 0.3) is 0 Å². The van der Waals surface area contributed by atoms with Gasteiger partial charge in [-0.3, -0.25) is 0 Å². The summed E-state index contributed by atoms with van der Waals surface area (Å²) in [5, 5.41) is 0.372. The Balaban J connectivity index is 2.26. The highest BCUT2D eigenvalue weighted by molar-refractivity contribution is 6.29. The van der Waals surface area contributed by atoms with Crippen LogP contribution >= 0.6 is 11.6 Å². The molecule has 1 rings (SSSR count). The SMILES string of the molecule is CC(C)(C)OCCOc1cc(Cl)ncn1. The van der Waals surface area contributed by atoms with Crippen LogP contribution in [0.2, 0.25) is 5.15 Å². The third-order valence-corrected chi connectivity index (χ3v) is 1.68. The Hall–Kier alpha value is -0.870. The van der Waals surface area contributed by atoms with E-state index in [0.717, 1.165) is 0 Å². The number of nitrogens with zero attached hydrogens (tertiary/aromatic N) is 2. The van der Waals surface area contributed by atoms with E-state index in [2.05, 4.69) is 9.97 Å². The smallest absolute Gasteiger partial charge is 0.217 e. The van der Waals surface area contributed by atoms with Gasteiger partial charge in [0, 0.05) is 6.07 Å². The molecular weight excluding hydrogens is 216 g/mol. The molecule has 15 heavy (non-hydrogen) atoms. The fourth-order valence-electron chi connectivity index (χ4n) is 0.890. The summed E-state index contributed by atoms with van der Waals surface area (Å²) in [6.45, 7) is 6.95. The summed E-state index contributed by atoms with van der Waals surface area (Å²) < 4.78 is 10.8.